The van der Waals surface area contributed by atoms with E-state index in [9.17, 15) is 4.79 Å². The summed E-state index contributed by atoms with van der Waals surface area (Å²) >= 11 is 25.0. The van der Waals surface area contributed by atoms with Crippen LogP contribution >= 0.6 is 46.4 Å². The number of nitrogen functional groups attached to an aromatic ring is 1. The molecule has 0 bridgehead atoms. The fraction of sp³-hybridized carbons (Fsp3) is 0.0455. The van der Waals surface area contributed by atoms with Gasteiger partial charge in [0, 0.05) is 18.2 Å². The first-order valence-corrected chi connectivity index (χ1v) is 10.6. The first-order valence-electron chi connectivity index (χ1n) is 9.06. The molecule has 0 heterocycles. The van der Waals surface area contributed by atoms with Gasteiger partial charge in [0.2, 0.25) is 5.91 Å². The number of halogens is 4. The summed E-state index contributed by atoms with van der Waals surface area (Å²) in [5, 5.41) is 11.8. The van der Waals surface area contributed by atoms with Crippen molar-refractivity contribution in [3.05, 3.63) is 80.3 Å². The average Bonchev–Trinajstić information content (AvgIpc) is 2.74. The minimum atomic E-state index is -0.359. The highest BCUT2D eigenvalue weighted by atomic mass is 35.5. The number of azo groups is 1. The summed E-state index contributed by atoms with van der Waals surface area (Å²) < 4.78 is 5.10. The number of nitrogens with zero attached hydrogens (tertiary/aromatic N) is 2. The van der Waals surface area contributed by atoms with Gasteiger partial charge in [-0.2, -0.15) is 0 Å². The number of carbonyl (C=O) groups is 1. The molecular weight excluding hydrogens is 494 g/mol. The van der Waals surface area contributed by atoms with E-state index in [1.165, 1.54) is 13.2 Å². The van der Waals surface area contributed by atoms with Crippen LogP contribution in [0.4, 0.5) is 22.7 Å². The van der Waals surface area contributed by atoms with E-state index < -0.39 is 0 Å². The normalized spacial score (nSPS) is 11.3. The zero-order valence-electron chi connectivity index (χ0n) is 16.6. The summed E-state index contributed by atoms with van der Waals surface area (Å²) in [4.78, 5) is 12.2. The van der Waals surface area contributed by atoms with Gasteiger partial charge < -0.3 is 15.8 Å². The van der Waals surface area contributed by atoms with Gasteiger partial charge in [-0.1, -0.05) is 58.5 Å². The van der Waals surface area contributed by atoms with Crippen molar-refractivity contribution in [2.24, 2.45) is 10.2 Å². The van der Waals surface area contributed by atoms with Gasteiger partial charge in [0.25, 0.3) is 0 Å². The number of amides is 1. The molecule has 0 aliphatic carbocycles. The Bertz CT molecular complexity index is 1180. The van der Waals surface area contributed by atoms with E-state index in [4.69, 9.17) is 56.9 Å². The molecular formula is C22H16Cl4N4O2. The largest absolute Gasteiger partial charge is 0.497 e. The van der Waals surface area contributed by atoms with Crippen molar-refractivity contribution in [1.29, 1.82) is 0 Å². The second-order valence-corrected chi connectivity index (χ2v) is 8.01. The van der Waals surface area contributed by atoms with Crippen LogP contribution in [0.5, 0.6) is 5.75 Å². The van der Waals surface area contributed by atoms with Gasteiger partial charge >= 0.3 is 0 Å². The standard InChI is InChI=1S/C22H16Cl4N4O2/c1-32-13-10-16(25)22(17(26)11-13)30-29-21-14(23)8-12(9-15(21)24)6-7-20(31)28-19-5-3-2-4-18(19)27/h2-11H,27H2,1H3,(H,28,31)/b7-6+,30-29?. The number of nitrogens with one attached hydrogen (secondary N) is 1. The van der Waals surface area contributed by atoms with E-state index in [-0.39, 0.29) is 37.4 Å². The van der Waals surface area contributed by atoms with E-state index in [0.29, 0.717) is 22.7 Å². The summed E-state index contributed by atoms with van der Waals surface area (Å²) in [6.07, 6.45) is 2.90. The fourth-order valence-electron chi connectivity index (χ4n) is 2.59. The molecule has 0 unspecified atom stereocenters. The lowest BCUT2D eigenvalue weighted by atomic mass is 10.2. The van der Waals surface area contributed by atoms with E-state index in [2.05, 4.69) is 15.5 Å². The Hall–Kier alpha value is -2.77. The number of hydrogen-bond acceptors (Lipinski definition) is 5. The van der Waals surface area contributed by atoms with Crippen LogP contribution in [0.1, 0.15) is 5.56 Å². The van der Waals surface area contributed by atoms with Crippen molar-refractivity contribution in [1.82, 2.24) is 0 Å². The van der Waals surface area contributed by atoms with Crippen LogP contribution in [0.3, 0.4) is 0 Å². The number of para-hydroxylation sites is 2. The average molecular weight is 510 g/mol. The molecule has 3 rings (SSSR count). The Kier molecular flexibility index (Phi) is 7.99. The molecule has 3 N–H and O–H groups in total. The van der Waals surface area contributed by atoms with Crippen molar-refractivity contribution in [2.45, 2.75) is 0 Å². The summed E-state index contributed by atoms with van der Waals surface area (Å²) in [5.41, 5.74) is 7.88. The number of nitrogens with two attached hydrogens (primary N) is 1. The lowest BCUT2D eigenvalue weighted by Gasteiger charge is -2.06. The van der Waals surface area contributed by atoms with E-state index >= 15 is 0 Å². The third-order valence-electron chi connectivity index (χ3n) is 4.16. The Morgan fingerprint density at radius 2 is 1.47 bits per heavy atom. The summed E-state index contributed by atoms with van der Waals surface area (Å²) in [5.74, 6) is 0.132. The van der Waals surface area contributed by atoms with Crippen molar-refractivity contribution in [3.8, 4) is 5.75 Å². The molecule has 3 aromatic carbocycles. The van der Waals surface area contributed by atoms with Crippen molar-refractivity contribution in [2.75, 3.05) is 18.2 Å². The third-order valence-corrected chi connectivity index (χ3v) is 5.31. The van der Waals surface area contributed by atoms with Crippen LogP contribution in [0.2, 0.25) is 20.1 Å². The van der Waals surface area contributed by atoms with Crippen molar-refractivity contribution >= 4 is 81.1 Å². The van der Waals surface area contributed by atoms with Crippen molar-refractivity contribution in [3.63, 3.8) is 0 Å². The van der Waals surface area contributed by atoms with E-state index in [1.807, 2.05) is 0 Å². The monoisotopic (exact) mass is 508 g/mol. The lowest BCUT2D eigenvalue weighted by Crippen LogP contribution is -2.09. The molecule has 1 amide bonds. The van der Waals surface area contributed by atoms with Gasteiger partial charge in [-0.05, 0) is 35.9 Å². The molecule has 0 aliphatic heterocycles. The maximum absolute atomic E-state index is 12.2. The molecule has 0 saturated carbocycles. The first-order chi connectivity index (χ1) is 15.3. The predicted octanol–water partition coefficient (Wildman–Crippen LogP) is 7.96. The molecule has 164 valence electrons. The number of rotatable bonds is 6. The Balaban J connectivity index is 1.78. The van der Waals surface area contributed by atoms with Crippen LogP contribution in [0, 0.1) is 0 Å². The van der Waals surface area contributed by atoms with E-state index in [0.717, 1.165) is 0 Å². The second kappa shape index (κ2) is 10.7. The van der Waals surface area contributed by atoms with Gasteiger partial charge in [0.15, 0.2) is 0 Å². The molecule has 0 saturated heterocycles. The predicted molar refractivity (Wildman–Crippen MR) is 132 cm³/mol. The first kappa shape index (κ1) is 23.9. The van der Waals surface area contributed by atoms with Gasteiger partial charge in [0.05, 0.1) is 38.6 Å². The summed E-state index contributed by atoms with van der Waals surface area (Å²) in [6, 6.07) is 13.3. The number of anilines is 2. The molecule has 0 atom stereocenters. The van der Waals surface area contributed by atoms with Gasteiger partial charge in [-0.25, -0.2) is 0 Å². The highest BCUT2D eigenvalue weighted by Gasteiger charge is 2.11. The topological polar surface area (TPSA) is 89.1 Å². The zero-order chi connectivity index (χ0) is 23.3. The highest BCUT2D eigenvalue weighted by Crippen LogP contribution is 2.40. The maximum atomic E-state index is 12.2. The Morgan fingerprint density at radius 3 is 2.00 bits per heavy atom. The molecule has 0 spiro atoms. The minimum absolute atomic E-state index is 0.231. The Labute approximate surface area is 204 Å². The van der Waals surface area contributed by atoms with Gasteiger partial charge in [-0.3, -0.25) is 4.79 Å². The molecule has 0 fully saturated rings. The van der Waals surface area contributed by atoms with Crippen LogP contribution in [-0.4, -0.2) is 13.0 Å². The third kappa shape index (κ3) is 5.93. The second-order valence-electron chi connectivity index (χ2n) is 6.38. The lowest BCUT2D eigenvalue weighted by molar-refractivity contribution is -0.111. The number of benzene rings is 3. The van der Waals surface area contributed by atoms with Gasteiger partial charge in [-0.15, -0.1) is 10.2 Å². The number of carbonyl (C=O) groups excluding carboxylic acids is 1. The van der Waals surface area contributed by atoms with Crippen LogP contribution in [0.25, 0.3) is 6.08 Å². The smallest absolute Gasteiger partial charge is 0.248 e. The van der Waals surface area contributed by atoms with Gasteiger partial charge in [0.1, 0.15) is 17.1 Å². The molecule has 0 aliphatic rings. The number of hydrogen-bond donors (Lipinski definition) is 2. The maximum Gasteiger partial charge on any atom is 0.248 e. The van der Waals surface area contributed by atoms with Crippen LogP contribution in [-0.2, 0) is 4.79 Å². The molecule has 0 radical (unpaired) electrons. The minimum Gasteiger partial charge on any atom is -0.497 e. The molecule has 0 aromatic heterocycles. The zero-order valence-corrected chi connectivity index (χ0v) is 19.6. The highest BCUT2D eigenvalue weighted by molar-refractivity contribution is 6.39. The SMILES string of the molecule is COc1cc(Cl)c(N=Nc2c(Cl)cc(/C=C/C(=O)Nc3ccccc3N)cc2Cl)c(Cl)c1. The van der Waals surface area contributed by atoms with Crippen LogP contribution < -0.4 is 15.8 Å². The molecule has 10 heteroatoms. The molecule has 32 heavy (non-hydrogen) atoms. The summed E-state index contributed by atoms with van der Waals surface area (Å²) in [6.45, 7) is 0. The quantitative estimate of drug-likeness (QED) is 0.200. The van der Waals surface area contributed by atoms with E-state index in [1.54, 1.807) is 54.6 Å². The number of ether oxygens (including phenoxy) is 1. The number of methoxy groups -OCH3 is 1. The molecule has 3 aromatic rings. The fourth-order valence-corrected chi connectivity index (χ4v) is 3.71. The molecule has 6 nitrogen and oxygen atoms in total. The van der Waals surface area contributed by atoms with Crippen molar-refractivity contribution < 1.29 is 9.53 Å². The van der Waals surface area contributed by atoms with Crippen LogP contribution in [0.15, 0.2) is 64.8 Å². The Morgan fingerprint density at radius 1 is 0.938 bits per heavy atom. The summed E-state index contributed by atoms with van der Waals surface area (Å²) in [7, 11) is 1.50.